The van der Waals surface area contributed by atoms with Crippen LogP contribution in [-0.4, -0.2) is 74.9 Å². The van der Waals surface area contributed by atoms with Crippen molar-refractivity contribution >= 4 is 19.8 Å². The van der Waals surface area contributed by atoms with Gasteiger partial charge in [-0.1, -0.05) is 230 Å². The second-order valence-corrected chi connectivity index (χ2v) is 22.1. The summed E-state index contributed by atoms with van der Waals surface area (Å²) in [5, 5.41) is 0. The Bertz CT molecular complexity index is 1870. The first kappa shape index (κ1) is 73.6. The molecular formula is C68H111NO8P+. The highest BCUT2D eigenvalue weighted by atomic mass is 31.2. The average Bonchev–Trinajstić information content (AvgIpc) is 3.40. The summed E-state index contributed by atoms with van der Waals surface area (Å²) >= 11 is 0. The van der Waals surface area contributed by atoms with Gasteiger partial charge in [-0.2, -0.15) is 0 Å². The van der Waals surface area contributed by atoms with Gasteiger partial charge in [-0.05, 0) is 122 Å². The number of hydrogen-bond acceptors (Lipinski definition) is 7. The SMILES string of the molecule is CC/C=C\C/C=C\C/C=C\C/C=C\C/C=C\C/C=C\C/C=C\C/C=C\C/C=C\CCCCCC(=O)OC(COC(=O)CCCCCCCCCCCC/C=C\C/C=C\C/C=C\C/C=C\CC)COP(=O)(O)OCC[N+](C)(C)C. The molecule has 0 rings (SSSR count). The lowest BCUT2D eigenvalue weighted by Gasteiger charge is -2.24. The van der Waals surface area contributed by atoms with Crippen LogP contribution < -0.4 is 0 Å². The van der Waals surface area contributed by atoms with Crippen LogP contribution in [0.2, 0.25) is 0 Å². The highest BCUT2D eigenvalue weighted by Gasteiger charge is 2.27. The molecule has 10 heteroatoms. The maximum Gasteiger partial charge on any atom is 0.472 e. The van der Waals surface area contributed by atoms with Crippen molar-refractivity contribution in [2.45, 2.75) is 213 Å². The number of nitrogens with zero attached hydrogens (tertiary/aromatic N) is 1. The lowest BCUT2D eigenvalue weighted by molar-refractivity contribution is -0.870. The van der Waals surface area contributed by atoms with Crippen molar-refractivity contribution in [3.8, 4) is 0 Å². The standard InChI is InChI=1S/C68H110NO8P/c1-6-8-10-12-14-16-18-20-22-24-26-28-30-31-32-33-34-35-36-37-39-41-43-45-47-49-51-53-55-57-59-61-68(71)77-66(65-76-78(72,73)75-63-62-69(3,4)5)64-74-67(70)60-58-56-54-52-50-48-46-44-42-40-38-29-27-25-23-21-19-17-15-13-11-9-7-2/h8-11,14-17,20-23,26-29,31-32,34-35,37,39,43,45,49,51,66H,6-7,12-13,18-19,24-25,30,33,36,38,40-42,44,46-48,50,52-65H2,1-5H3/p+1/b10-8-,11-9-,16-14-,17-15-,22-20-,23-21-,28-26-,29-27-,32-31-,35-34-,39-37-,45-43-,51-49-. The number of ether oxygens (including phenoxy) is 2. The van der Waals surface area contributed by atoms with Gasteiger partial charge in [-0.25, -0.2) is 4.57 Å². The molecule has 0 aliphatic carbocycles. The van der Waals surface area contributed by atoms with Gasteiger partial charge in [0.1, 0.15) is 19.8 Å². The molecule has 0 amide bonds. The van der Waals surface area contributed by atoms with Crippen LogP contribution in [0.5, 0.6) is 0 Å². The topological polar surface area (TPSA) is 108 Å². The van der Waals surface area contributed by atoms with Crippen molar-refractivity contribution in [1.29, 1.82) is 0 Å². The van der Waals surface area contributed by atoms with E-state index >= 15 is 0 Å². The summed E-state index contributed by atoms with van der Waals surface area (Å²) in [5.41, 5.74) is 0. The van der Waals surface area contributed by atoms with Crippen LogP contribution in [0.1, 0.15) is 206 Å². The Balaban J connectivity index is 4.29. The first-order chi connectivity index (χ1) is 38.0. The second kappa shape index (κ2) is 57.3. The molecular weight excluding hydrogens is 990 g/mol. The molecule has 0 saturated carbocycles. The molecule has 0 aromatic heterocycles. The van der Waals surface area contributed by atoms with Gasteiger partial charge in [0.2, 0.25) is 0 Å². The summed E-state index contributed by atoms with van der Waals surface area (Å²) in [4.78, 5) is 35.7. The van der Waals surface area contributed by atoms with Gasteiger partial charge >= 0.3 is 19.8 Å². The third-order valence-corrected chi connectivity index (χ3v) is 13.0. The Morgan fingerprint density at radius 1 is 0.397 bits per heavy atom. The van der Waals surface area contributed by atoms with Crippen molar-refractivity contribution in [1.82, 2.24) is 0 Å². The summed E-state index contributed by atoms with van der Waals surface area (Å²) in [6.07, 6.45) is 86.0. The molecule has 0 saturated heterocycles. The summed E-state index contributed by atoms with van der Waals surface area (Å²) in [7, 11) is 1.43. The van der Waals surface area contributed by atoms with Gasteiger partial charge in [-0.15, -0.1) is 0 Å². The first-order valence-electron chi connectivity index (χ1n) is 30.2. The summed E-state index contributed by atoms with van der Waals surface area (Å²) in [6.45, 7) is 4.14. The van der Waals surface area contributed by atoms with Crippen LogP contribution >= 0.6 is 7.82 Å². The molecule has 2 unspecified atom stereocenters. The molecule has 1 N–H and O–H groups in total. The molecule has 440 valence electrons. The number of quaternary nitrogens is 1. The fourth-order valence-electron chi connectivity index (χ4n) is 7.47. The lowest BCUT2D eigenvalue weighted by atomic mass is 10.1. The molecule has 9 nitrogen and oxygen atoms in total. The fraction of sp³-hybridized carbons (Fsp3) is 0.588. The van der Waals surface area contributed by atoms with Gasteiger partial charge in [0, 0.05) is 12.8 Å². The summed E-state index contributed by atoms with van der Waals surface area (Å²) in [6, 6.07) is 0. The lowest BCUT2D eigenvalue weighted by Crippen LogP contribution is -2.37. The van der Waals surface area contributed by atoms with Crippen LogP contribution in [0.25, 0.3) is 0 Å². The zero-order chi connectivity index (χ0) is 57.0. The molecule has 0 aromatic carbocycles. The molecule has 78 heavy (non-hydrogen) atoms. The van der Waals surface area contributed by atoms with E-state index in [1.54, 1.807) is 0 Å². The van der Waals surface area contributed by atoms with Gasteiger partial charge < -0.3 is 18.9 Å². The highest BCUT2D eigenvalue weighted by Crippen LogP contribution is 2.43. The molecule has 0 spiro atoms. The molecule has 0 heterocycles. The quantitative estimate of drug-likeness (QED) is 0.0211. The van der Waals surface area contributed by atoms with Crippen LogP contribution in [0.3, 0.4) is 0 Å². The molecule has 0 aliphatic rings. The number of likely N-dealkylation sites (N-methyl/N-ethyl adjacent to an activating group) is 1. The number of carbonyl (C=O) groups is 2. The minimum absolute atomic E-state index is 0.0147. The van der Waals surface area contributed by atoms with E-state index in [1.807, 2.05) is 21.1 Å². The Morgan fingerprint density at radius 2 is 0.692 bits per heavy atom. The largest absolute Gasteiger partial charge is 0.472 e. The van der Waals surface area contributed by atoms with Crippen LogP contribution in [0.4, 0.5) is 0 Å². The summed E-state index contributed by atoms with van der Waals surface area (Å²) < 4.78 is 34.5. The predicted molar refractivity (Wildman–Crippen MR) is 334 cm³/mol. The number of rotatable bonds is 53. The average molecular weight is 1100 g/mol. The van der Waals surface area contributed by atoms with E-state index in [0.717, 1.165) is 135 Å². The van der Waals surface area contributed by atoms with E-state index in [-0.39, 0.29) is 32.0 Å². The van der Waals surface area contributed by atoms with Crippen LogP contribution in [-0.2, 0) is 32.7 Å². The number of esters is 2. The fourth-order valence-corrected chi connectivity index (χ4v) is 8.21. The molecule has 0 aromatic rings. The minimum Gasteiger partial charge on any atom is -0.462 e. The van der Waals surface area contributed by atoms with Crippen molar-refractivity contribution in [3.63, 3.8) is 0 Å². The van der Waals surface area contributed by atoms with E-state index in [1.165, 1.54) is 38.5 Å². The van der Waals surface area contributed by atoms with Gasteiger partial charge in [0.05, 0.1) is 27.7 Å². The van der Waals surface area contributed by atoms with Crippen molar-refractivity contribution in [2.24, 2.45) is 0 Å². The minimum atomic E-state index is -4.41. The van der Waals surface area contributed by atoms with Crippen molar-refractivity contribution in [2.75, 3.05) is 47.5 Å². The number of unbranched alkanes of at least 4 members (excludes halogenated alkanes) is 13. The predicted octanol–water partition coefficient (Wildman–Crippen LogP) is 19.3. The Kier molecular flexibility index (Phi) is 54.1. The Labute approximate surface area is 477 Å². The summed E-state index contributed by atoms with van der Waals surface area (Å²) in [5.74, 6) is -0.854. The number of allylic oxidation sites excluding steroid dienone is 26. The zero-order valence-corrected chi connectivity index (χ0v) is 50.7. The number of hydrogen-bond donors (Lipinski definition) is 1. The van der Waals surface area contributed by atoms with Crippen molar-refractivity contribution < 1.29 is 42.1 Å². The normalized spacial score (nSPS) is 14.4. The van der Waals surface area contributed by atoms with Crippen molar-refractivity contribution in [3.05, 3.63) is 158 Å². The molecule has 2 atom stereocenters. The molecule has 0 fully saturated rings. The van der Waals surface area contributed by atoms with E-state index in [9.17, 15) is 19.0 Å². The zero-order valence-electron chi connectivity index (χ0n) is 49.8. The first-order valence-corrected chi connectivity index (χ1v) is 31.7. The number of phosphoric ester groups is 1. The maximum absolute atomic E-state index is 12.8. The Morgan fingerprint density at radius 3 is 1.04 bits per heavy atom. The van der Waals surface area contributed by atoms with E-state index in [4.69, 9.17) is 18.5 Å². The smallest absolute Gasteiger partial charge is 0.462 e. The van der Waals surface area contributed by atoms with Crippen LogP contribution in [0.15, 0.2) is 158 Å². The molecule has 0 aliphatic heterocycles. The van der Waals surface area contributed by atoms with E-state index in [2.05, 4.69) is 172 Å². The molecule has 0 bridgehead atoms. The van der Waals surface area contributed by atoms with Crippen LogP contribution in [0, 0.1) is 0 Å². The number of carbonyl (C=O) groups excluding carboxylic acids is 2. The third-order valence-electron chi connectivity index (χ3n) is 12.1. The maximum atomic E-state index is 12.8. The van der Waals surface area contributed by atoms with E-state index < -0.39 is 26.5 Å². The van der Waals surface area contributed by atoms with E-state index in [0.29, 0.717) is 17.4 Å². The van der Waals surface area contributed by atoms with Gasteiger partial charge in [0.25, 0.3) is 0 Å². The Hall–Kier alpha value is -4.37. The monoisotopic (exact) mass is 1100 g/mol. The molecule has 0 radical (unpaired) electrons. The highest BCUT2D eigenvalue weighted by molar-refractivity contribution is 7.47. The third kappa shape index (κ3) is 60.9. The van der Waals surface area contributed by atoms with Gasteiger partial charge in [-0.3, -0.25) is 18.6 Å². The van der Waals surface area contributed by atoms with Gasteiger partial charge in [0.15, 0.2) is 6.10 Å². The number of phosphoric acid groups is 1. The second-order valence-electron chi connectivity index (χ2n) is 20.6.